The van der Waals surface area contributed by atoms with E-state index in [2.05, 4.69) is 4.72 Å². The molecule has 0 unspecified atom stereocenters. The molecule has 1 aromatic carbocycles. The van der Waals surface area contributed by atoms with E-state index < -0.39 is 10.0 Å². The highest BCUT2D eigenvalue weighted by atomic mass is 35.5. The number of nitrogens with zero attached hydrogens (tertiary/aromatic N) is 1. The molecule has 0 fully saturated rings. The molecule has 5 nitrogen and oxygen atoms in total. The summed E-state index contributed by atoms with van der Waals surface area (Å²) in [5.74, 6) is 0. The fourth-order valence-electron chi connectivity index (χ4n) is 1.79. The van der Waals surface area contributed by atoms with Gasteiger partial charge in [0.1, 0.15) is 0 Å². The van der Waals surface area contributed by atoms with E-state index in [-0.39, 0.29) is 18.0 Å². The molecule has 20 heavy (non-hydrogen) atoms. The second kappa shape index (κ2) is 5.97. The molecule has 0 atom stereocenters. The van der Waals surface area contributed by atoms with Crippen LogP contribution in [-0.4, -0.2) is 18.1 Å². The average Bonchev–Trinajstić information content (AvgIpc) is 2.79. The second-order valence-corrected chi connectivity index (χ2v) is 6.59. The largest absolute Gasteiger partial charge is 0.390 e. The van der Waals surface area contributed by atoms with Crippen molar-refractivity contribution < 1.29 is 13.5 Å². The zero-order valence-corrected chi connectivity index (χ0v) is 12.4. The molecule has 7 heteroatoms. The number of aryl methyl sites for hydroxylation is 1. The molecule has 1 heterocycles. The van der Waals surface area contributed by atoms with Crippen LogP contribution in [0.3, 0.4) is 0 Å². The fraction of sp³-hybridized carbons (Fsp3) is 0.231. The van der Waals surface area contributed by atoms with E-state index in [1.54, 1.807) is 35.9 Å². The van der Waals surface area contributed by atoms with Crippen molar-refractivity contribution >= 4 is 21.6 Å². The Morgan fingerprint density at radius 3 is 2.70 bits per heavy atom. The summed E-state index contributed by atoms with van der Waals surface area (Å²) in [7, 11) is -1.93. The molecular weight excluding hydrogens is 300 g/mol. The molecule has 0 saturated heterocycles. The Hall–Kier alpha value is -1.34. The highest BCUT2D eigenvalue weighted by molar-refractivity contribution is 7.89. The lowest BCUT2D eigenvalue weighted by molar-refractivity contribution is 0.272. The number of aromatic nitrogens is 1. The van der Waals surface area contributed by atoms with Gasteiger partial charge in [0.15, 0.2) is 0 Å². The summed E-state index contributed by atoms with van der Waals surface area (Å²) in [6.07, 6.45) is 1.46. The number of aliphatic hydroxyl groups excluding tert-OH is 1. The molecule has 0 spiro atoms. The number of rotatable bonds is 5. The molecule has 0 saturated carbocycles. The standard InChI is InChI=1S/C13H15ClN2O3S/c1-16-8-13(6-12(16)9-17)20(18,19)15-7-10-3-2-4-11(14)5-10/h2-6,8,15,17H,7,9H2,1H3. The predicted octanol–water partition coefficient (Wildman–Crippen LogP) is 1.65. The third-order valence-electron chi connectivity index (χ3n) is 2.91. The Bertz CT molecular complexity index is 710. The minimum absolute atomic E-state index is 0.131. The van der Waals surface area contributed by atoms with Gasteiger partial charge < -0.3 is 9.67 Å². The number of halogens is 1. The Kier molecular flexibility index (Phi) is 4.49. The van der Waals surface area contributed by atoms with Crippen LogP contribution in [0, 0.1) is 0 Å². The van der Waals surface area contributed by atoms with Crippen LogP contribution in [0.15, 0.2) is 41.4 Å². The maximum Gasteiger partial charge on any atom is 0.242 e. The quantitative estimate of drug-likeness (QED) is 0.881. The van der Waals surface area contributed by atoms with Crippen LogP contribution < -0.4 is 4.72 Å². The molecular formula is C13H15ClN2O3S. The van der Waals surface area contributed by atoms with Gasteiger partial charge in [-0.25, -0.2) is 13.1 Å². The molecule has 0 aliphatic heterocycles. The van der Waals surface area contributed by atoms with Gasteiger partial charge in [-0.1, -0.05) is 23.7 Å². The van der Waals surface area contributed by atoms with Gasteiger partial charge in [-0.3, -0.25) is 0 Å². The van der Waals surface area contributed by atoms with Crippen LogP contribution in [0.5, 0.6) is 0 Å². The summed E-state index contributed by atoms with van der Waals surface area (Å²) >= 11 is 5.85. The van der Waals surface area contributed by atoms with Crippen LogP contribution in [0.2, 0.25) is 5.02 Å². The Labute approximate surface area is 122 Å². The first-order valence-corrected chi connectivity index (χ1v) is 7.78. The van der Waals surface area contributed by atoms with Crippen LogP contribution in [0.4, 0.5) is 0 Å². The van der Waals surface area contributed by atoms with Gasteiger partial charge in [-0.2, -0.15) is 0 Å². The summed E-state index contributed by atoms with van der Waals surface area (Å²) < 4.78 is 28.3. The van der Waals surface area contributed by atoms with Gasteiger partial charge in [0.2, 0.25) is 10.0 Å². The smallest absolute Gasteiger partial charge is 0.242 e. The van der Waals surface area contributed by atoms with Crippen molar-refractivity contribution in [3.05, 3.63) is 52.8 Å². The highest BCUT2D eigenvalue weighted by Crippen LogP contribution is 2.15. The zero-order valence-electron chi connectivity index (χ0n) is 10.9. The van der Waals surface area contributed by atoms with Crippen molar-refractivity contribution in [2.75, 3.05) is 0 Å². The van der Waals surface area contributed by atoms with E-state index in [0.717, 1.165) is 5.56 Å². The molecule has 2 aromatic rings. The van der Waals surface area contributed by atoms with Crippen molar-refractivity contribution in [3.8, 4) is 0 Å². The van der Waals surface area contributed by atoms with Crippen molar-refractivity contribution in [1.29, 1.82) is 0 Å². The Morgan fingerprint density at radius 2 is 2.10 bits per heavy atom. The van der Waals surface area contributed by atoms with E-state index >= 15 is 0 Å². The molecule has 0 bridgehead atoms. The number of hydrogen-bond acceptors (Lipinski definition) is 3. The lowest BCUT2D eigenvalue weighted by Crippen LogP contribution is -2.22. The van der Waals surface area contributed by atoms with Gasteiger partial charge in [0.25, 0.3) is 0 Å². The first kappa shape index (κ1) is 15.1. The average molecular weight is 315 g/mol. The summed E-state index contributed by atoms with van der Waals surface area (Å²) in [5, 5.41) is 9.64. The molecule has 108 valence electrons. The van der Waals surface area contributed by atoms with E-state index in [0.29, 0.717) is 10.7 Å². The van der Waals surface area contributed by atoms with Crippen LogP contribution in [0.1, 0.15) is 11.3 Å². The summed E-state index contributed by atoms with van der Waals surface area (Å²) in [6, 6.07) is 8.43. The molecule has 0 aliphatic carbocycles. The fourth-order valence-corrected chi connectivity index (χ4v) is 3.11. The lowest BCUT2D eigenvalue weighted by atomic mass is 10.2. The maximum absolute atomic E-state index is 12.1. The summed E-state index contributed by atoms with van der Waals surface area (Å²) in [4.78, 5) is 0.131. The molecule has 0 amide bonds. The first-order chi connectivity index (χ1) is 9.42. The first-order valence-electron chi connectivity index (χ1n) is 5.92. The summed E-state index contributed by atoms with van der Waals surface area (Å²) in [5.41, 5.74) is 1.31. The number of nitrogens with one attached hydrogen (secondary N) is 1. The van der Waals surface area contributed by atoms with Crippen molar-refractivity contribution in [2.45, 2.75) is 18.0 Å². The minimum atomic E-state index is -3.61. The van der Waals surface area contributed by atoms with E-state index in [9.17, 15) is 8.42 Å². The molecule has 2 rings (SSSR count). The van der Waals surface area contributed by atoms with E-state index in [1.807, 2.05) is 0 Å². The van der Waals surface area contributed by atoms with Gasteiger partial charge in [0.05, 0.1) is 11.5 Å². The van der Waals surface area contributed by atoms with E-state index in [1.165, 1.54) is 12.3 Å². The van der Waals surface area contributed by atoms with Crippen molar-refractivity contribution in [2.24, 2.45) is 7.05 Å². The summed E-state index contributed by atoms with van der Waals surface area (Å²) in [6.45, 7) is -0.0490. The lowest BCUT2D eigenvalue weighted by Gasteiger charge is -2.05. The second-order valence-electron chi connectivity index (χ2n) is 4.39. The topological polar surface area (TPSA) is 71.3 Å². The number of benzene rings is 1. The number of hydrogen-bond donors (Lipinski definition) is 2. The molecule has 2 N–H and O–H groups in total. The van der Waals surface area contributed by atoms with Gasteiger partial charge in [0, 0.05) is 30.5 Å². The van der Waals surface area contributed by atoms with Crippen molar-refractivity contribution in [1.82, 2.24) is 9.29 Å². The van der Waals surface area contributed by atoms with Crippen LogP contribution >= 0.6 is 11.6 Å². The minimum Gasteiger partial charge on any atom is -0.390 e. The highest BCUT2D eigenvalue weighted by Gasteiger charge is 2.17. The number of sulfonamides is 1. The SMILES string of the molecule is Cn1cc(S(=O)(=O)NCc2cccc(Cl)c2)cc1CO. The van der Waals surface area contributed by atoms with Gasteiger partial charge in [-0.15, -0.1) is 0 Å². The molecule has 1 aromatic heterocycles. The van der Waals surface area contributed by atoms with E-state index in [4.69, 9.17) is 16.7 Å². The van der Waals surface area contributed by atoms with Crippen LogP contribution in [-0.2, 0) is 30.2 Å². The maximum atomic E-state index is 12.1. The van der Waals surface area contributed by atoms with Crippen LogP contribution in [0.25, 0.3) is 0 Å². The zero-order chi connectivity index (χ0) is 14.8. The monoisotopic (exact) mass is 314 g/mol. The number of aliphatic hydroxyl groups is 1. The predicted molar refractivity (Wildman–Crippen MR) is 76.8 cm³/mol. The third kappa shape index (κ3) is 3.40. The Morgan fingerprint density at radius 1 is 1.35 bits per heavy atom. The molecule has 0 radical (unpaired) electrons. The van der Waals surface area contributed by atoms with Gasteiger partial charge >= 0.3 is 0 Å². The normalized spacial score (nSPS) is 11.8. The van der Waals surface area contributed by atoms with Crippen molar-refractivity contribution in [3.63, 3.8) is 0 Å². The molecule has 0 aliphatic rings. The van der Waals surface area contributed by atoms with Gasteiger partial charge in [-0.05, 0) is 23.8 Å². The third-order valence-corrected chi connectivity index (χ3v) is 4.51. The Balaban J connectivity index is 2.15.